The zero-order chi connectivity index (χ0) is 6.69. The second kappa shape index (κ2) is 2.90. The van der Waals surface area contributed by atoms with Crippen LogP contribution in [-0.2, 0) is 24.5 Å². The van der Waals surface area contributed by atoms with Gasteiger partial charge in [0, 0.05) is 0 Å². The first-order valence-electron chi connectivity index (χ1n) is 2.49. The number of benzene rings is 1. The van der Waals surface area contributed by atoms with E-state index >= 15 is 0 Å². The van der Waals surface area contributed by atoms with Crippen molar-refractivity contribution in [1.82, 2.24) is 0 Å². The monoisotopic (exact) mass is 156 g/mol. The van der Waals surface area contributed by atoms with E-state index in [2.05, 4.69) is 6.07 Å². The summed E-state index contributed by atoms with van der Waals surface area (Å²) in [7, 11) is 0. The van der Waals surface area contributed by atoms with Crippen LogP contribution in [-0.4, -0.2) is 0 Å². The molecule has 0 fully saturated rings. The Morgan fingerprint density at radius 2 is 2.11 bits per heavy atom. The van der Waals surface area contributed by atoms with Gasteiger partial charge in [-0.25, -0.2) is 0 Å². The van der Waals surface area contributed by atoms with Crippen molar-refractivity contribution in [1.29, 1.82) is 0 Å². The van der Waals surface area contributed by atoms with E-state index in [1.807, 2.05) is 0 Å². The van der Waals surface area contributed by atoms with Crippen LogP contribution in [0.3, 0.4) is 0 Å². The minimum atomic E-state index is -3.32. The molecule has 0 aromatic heterocycles. The zero-order valence-corrected chi connectivity index (χ0v) is 6.19. The Bertz CT molecular complexity index is 243. The standard InChI is InChI=1S/C6H4.2O.Ti/c1-2-4-6-5-3-1;;;/h1-4H;;;. The molecule has 0 aliphatic heterocycles. The molecule has 0 spiro atoms. The van der Waals surface area contributed by atoms with Crippen LogP contribution in [0.1, 0.15) is 0 Å². The van der Waals surface area contributed by atoms with E-state index in [1.54, 1.807) is 24.3 Å². The van der Waals surface area contributed by atoms with E-state index < -0.39 is 17.8 Å². The summed E-state index contributed by atoms with van der Waals surface area (Å²) in [6.45, 7) is 0. The van der Waals surface area contributed by atoms with E-state index in [0.717, 1.165) is 0 Å². The van der Waals surface area contributed by atoms with Crippen LogP contribution >= 0.6 is 0 Å². The summed E-state index contributed by atoms with van der Waals surface area (Å²) in [6, 6.07) is 9.19. The van der Waals surface area contributed by atoms with Gasteiger partial charge in [-0.3, -0.25) is 0 Å². The quantitative estimate of drug-likeness (QED) is 0.552. The first-order valence-corrected chi connectivity index (χ1v) is 4.54. The molecule has 1 radical (unpaired) electrons. The summed E-state index contributed by atoms with van der Waals surface area (Å²) in [5.74, 6) is 0. The van der Waals surface area contributed by atoms with Crippen molar-refractivity contribution in [2.75, 3.05) is 0 Å². The normalized spacial score (nSPS) is 8.89. The molecule has 9 heavy (non-hydrogen) atoms. The van der Waals surface area contributed by atoms with Gasteiger partial charge in [-0.2, -0.15) is 0 Å². The van der Waals surface area contributed by atoms with Crippen LogP contribution in [0.4, 0.5) is 0 Å². The van der Waals surface area contributed by atoms with Gasteiger partial charge < -0.3 is 0 Å². The predicted octanol–water partition coefficient (Wildman–Crippen LogP) is 0.421. The summed E-state index contributed by atoms with van der Waals surface area (Å²) in [6.07, 6.45) is 0. The van der Waals surface area contributed by atoms with E-state index in [0.29, 0.717) is 3.87 Å². The Labute approximate surface area is 59.0 Å². The third-order valence-corrected chi connectivity index (χ3v) is 2.10. The first kappa shape index (κ1) is 6.65. The molecular formula is C6H4O2Ti. The fraction of sp³-hybridized carbons (Fsp3) is 0. The molecule has 1 aromatic carbocycles. The SMILES string of the molecule is [O]=[Ti](=[O])[c]1[c]cccc1. The Kier molecular flexibility index (Phi) is 2.14. The van der Waals surface area contributed by atoms with Crippen LogP contribution in [0.15, 0.2) is 24.3 Å². The van der Waals surface area contributed by atoms with Crippen LogP contribution in [0.25, 0.3) is 0 Å². The van der Waals surface area contributed by atoms with E-state index in [1.165, 1.54) is 0 Å². The molecule has 0 N–H and O–H groups in total. The molecule has 0 aliphatic rings. The van der Waals surface area contributed by atoms with Crippen molar-refractivity contribution < 1.29 is 24.5 Å². The minimum absolute atomic E-state index is 0.345. The van der Waals surface area contributed by atoms with Gasteiger partial charge in [-0.05, 0) is 0 Å². The Morgan fingerprint density at radius 1 is 1.33 bits per heavy atom. The van der Waals surface area contributed by atoms with Crippen molar-refractivity contribution in [3.05, 3.63) is 30.3 Å². The van der Waals surface area contributed by atoms with Gasteiger partial charge in [0.15, 0.2) is 0 Å². The summed E-state index contributed by atoms with van der Waals surface area (Å²) < 4.78 is 21.0. The van der Waals surface area contributed by atoms with Crippen molar-refractivity contribution in [3.63, 3.8) is 0 Å². The molecule has 0 saturated carbocycles. The molecule has 2 nitrogen and oxygen atoms in total. The van der Waals surface area contributed by atoms with E-state index in [4.69, 9.17) is 0 Å². The second-order valence-electron chi connectivity index (χ2n) is 1.56. The molecule has 1 rings (SSSR count). The van der Waals surface area contributed by atoms with Crippen LogP contribution in [0.2, 0.25) is 0 Å². The first-order chi connectivity index (χ1) is 4.30. The van der Waals surface area contributed by atoms with Gasteiger partial charge >= 0.3 is 58.7 Å². The molecule has 0 aliphatic carbocycles. The van der Waals surface area contributed by atoms with Crippen molar-refractivity contribution in [2.24, 2.45) is 0 Å². The Hall–Kier alpha value is -0.466. The molecule has 0 amide bonds. The van der Waals surface area contributed by atoms with E-state index in [9.17, 15) is 6.65 Å². The summed E-state index contributed by atoms with van der Waals surface area (Å²) in [5.41, 5.74) is 0. The second-order valence-corrected chi connectivity index (χ2v) is 3.30. The van der Waals surface area contributed by atoms with E-state index in [-0.39, 0.29) is 0 Å². The molecule has 3 heteroatoms. The third kappa shape index (κ3) is 1.73. The predicted molar refractivity (Wildman–Crippen MR) is 26.3 cm³/mol. The zero-order valence-electron chi connectivity index (χ0n) is 4.63. The average molecular weight is 156 g/mol. The molecular weight excluding hydrogens is 152 g/mol. The van der Waals surface area contributed by atoms with Gasteiger partial charge in [0.05, 0.1) is 0 Å². The Balaban J connectivity index is 3.13. The van der Waals surface area contributed by atoms with Gasteiger partial charge in [0.2, 0.25) is 0 Å². The van der Waals surface area contributed by atoms with Gasteiger partial charge in [-0.15, -0.1) is 0 Å². The molecule has 0 unspecified atom stereocenters. The molecule has 44 valence electrons. The maximum atomic E-state index is 10.3. The average Bonchev–Trinajstić information content (AvgIpc) is 1.90. The summed E-state index contributed by atoms with van der Waals surface area (Å²) in [5, 5.41) is 0. The molecule has 0 atom stereocenters. The van der Waals surface area contributed by atoms with Gasteiger partial charge in [0.1, 0.15) is 0 Å². The fourth-order valence-corrected chi connectivity index (χ4v) is 1.20. The van der Waals surface area contributed by atoms with Crippen LogP contribution in [0.5, 0.6) is 0 Å². The fourth-order valence-electron chi connectivity index (χ4n) is 0.520. The topological polar surface area (TPSA) is 34.1 Å². The summed E-state index contributed by atoms with van der Waals surface area (Å²) >= 11 is -3.32. The van der Waals surface area contributed by atoms with Crippen molar-refractivity contribution >= 4 is 3.87 Å². The number of hydrogen-bond acceptors (Lipinski definition) is 2. The maximum absolute atomic E-state index is 10.3. The summed E-state index contributed by atoms with van der Waals surface area (Å²) in [4.78, 5) is 0. The number of rotatable bonds is 1. The molecule has 0 heterocycles. The van der Waals surface area contributed by atoms with Gasteiger partial charge in [-0.1, -0.05) is 0 Å². The van der Waals surface area contributed by atoms with Gasteiger partial charge in [0.25, 0.3) is 0 Å². The Morgan fingerprint density at radius 3 is 2.44 bits per heavy atom. The van der Waals surface area contributed by atoms with Crippen molar-refractivity contribution in [2.45, 2.75) is 0 Å². The molecule has 0 bridgehead atoms. The third-order valence-electron chi connectivity index (χ3n) is 0.929. The van der Waals surface area contributed by atoms with Crippen LogP contribution in [0, 0.1) is 6.07 Å². The molecule has 1 aromatic rings. The van der Waals surface area contributed by atoms with Crippen LogP contribution < -0.4 is 3.87 Å². The number of hydrogen-bond donors (Lipinski definition) is 0. The molecule has 0 saturated heterocycles. The van der Waals surface area contributed by atoms with Crippen molar-refractivity contribution in [3.8, 4) is 0 Å².